The number of rotatable bonds is 3. The van der Waals surface area contributed by atoms with E-state index >= 15 is 0 Å². The average Bonchev–Trinajstić information content (AvgIpc) is 2.35. The number of nitrogens with one attached hydrogen (secondary N) is 1. The van der Waals surface area contributed by atoms with Crippen molar-refractivity contribution in [1.82, 2.24) is 5.32 Å². The lowest BCUT2D eigenvalue weighted by atomic mass is 10.2. The van der Waals surface area contributed by atoms with Crippen LogP contribution in [-0.4, -0.2) is 18.5 Å². The zero-order chi connectivity index (χ0) is 7.78. The number of hydrogen-bond acceptors (Lipinski definition) is 2. The van der Waals surface area contributed by atoms with Crippen LogP contribution in [0.1, 0.15) is 20.3 Å². The molecule has 1 fully saturated rings. The molecule has 0 aliphatic heterocycles. The maximum Gasteiger partial charge on any atom is 0.231 e. The Kier molecular flexibility index (Phi) is 1.68. The molecule has 1 aliphatic rings. The van der Waals surface area contributed by atoms with Gasteiger partial charge < -0.3 is 11.1 Å². The van der Waals surface area contributed by atoms with Crippen molar-refractivity contribution in [2.24, 2.45) is 11.1 Å². The van der Waals surface area contributed by atoms with E-state index in [9.17, 15) is 4.79 Å². The second-order valence-corrected chi connectivity index (χ2v) is 3.59. The summed E-state index contributed by atoms with van der Waals surface area (Å²) >= 11 is 0. The van der Waals surface area contributed by atoms with Gasteiger partial charge in [-0.3, -0.25) is 4.79 Å². The van der Waals surface area contributed by atoms with Crippen LogP contribution in [0.5, 0.6) is 0 Å². The van der Waals surface area contributed by atoms with E-state index in [0.29, 0.717) is 18.0 Å². The molecule has 3 heteroatoms. The van der Waals surface area contributed by atoms with Gasteiger partial charge in [0.2, 0.25) is 5.91 Å². The molecule has 0 heterocycles. The first-order valence-corrected chi connectivity index (χ1v) is 3.54. The average molecular weight is 142 g/mol. The maximum atomic E-state index is 10.3. The number of carbonyl (C=O) groups is 1. The van der Waals surface area contributed by atoms with Gasteiger partial charge in [0.1, 0.15) is 0 Å². The van der Waals surface area contributed by atoms with E-state index in [0.717, 1.165) is 6.42 Å². The molecular formula is C7H14N2O. The monoisotopic (exact) mass is 142 g/mol. The molecule has 1 unspecified atom stereocenters. The Bertz CT molecular complexity index is 154. The topological polar surface area (TPSA) is 55.1 Å². The summed E-state index contributed by atoms with van der Waals surface area (Å²) in [6.45, 7) is 4.66. The van der Waals surface area contributed by atoms with Gasteiger partial charge in [0.25, 0.3) is 0 Å². The molecule has 0 spiro atoms. The Hall–Kier alpha value is -0.570. The third-order valence-corrected chi connectivity index (χ3v) is 2.04. The highest BCUT2D eigenvalue weighted by molar-refractivity contribution is 5.75. The van der Waals surface area contributed by atoms with Gasteiger partial charge in [-0.05, 0) is 11.8 Å². The second-order valence-electron chi connectivity index (χ2n) is 3.59. The van der Waals surface area contributed by atoms with Gasteiger partial charge in [-0.15, -0.1) is 0 Å². The molecule has 0 radical (unpaired) electrons. The molecular weight excluding hydrogens is 128 g/mol. The molecule has 58 valence electrons. The summed E-state index contributed by atoms with van der Waals surface area (Å²) in [5, 5.41) is 3.07. The summed E-state index contributed by atoms with van der Waals surface area (Å²) < 4.78 is 0. The largest absolute Gasteiger partial charge is 0.369 e. The molecule has 1 aliphatic carbocycles. The van der Waals surface area contributed by atoms with Crippen LogP contribution in [0, 0.1) is 5.41 Å². The molecule has 1 saturated carbocycles. The smallest absolute Gasteiger partial charge is 0.231 e. The Morgan fingerprint density at radius 1 is 1.80 bits per heavy atom. The fourth-order valence-corrected chi connectivity index (χ4v) is 1.04. The maximum absolute atomic E-state index is 10.3. The lowest BCUT2D eigenvalue weighted by Crippen LogP contribution is -2.31. The summed E-state index contributed by atoms with van der Waals surface area (Å²) in [6.07, 6.45) is 1.15. The van der Waals surface area contributed by atoms with Crippen molar-refractivity contribution in [3.63, 3.8) is 0 Å². The first kappa shape index (κ1) is 7.54. The van der Waals surface area contributed by atoms with Crippen LogP contribution in [0.25, 0.3) is 0 Å². The van der Waals surface area contributed by atoms with Crippen LogP contribution in [0.3, 0.4) is 0 Å². The van der Waals surface area contributed by atoms with E-state index in [1.54, 1.807) is 0 Å². The summed E-state index contributed by atoms with van der Waals surface area (Å²) in [4.78, 5) is 10.3. The second kappa shape index (κ2) is 2.23. The molecule has 10 heavy (non-hydrogen) atoms. The minimum Gasteiger partial charge on any atom is -0.369 e. The van der Waals surface area contributed by atoms with Crippen molar-refractivity contribution in [1.29, 1.82) is 0 Å². The van der Waals surface area contributed by atoms with Gasteiger partial charge >= 0.3 is 0 Å². The molecule has 0 aromatic rings. The van der Waals surface area contributed by atoms with Crippen LogP contribution in [-0.2, 0) is 4.79 Å². The van der Waals surface area contributed by atoms with Gasteiger partial charge in [0.05, 0.1) is 6.54 Å². The number of primary amides is 1. The Morgan fingerprint density at radius 3 is 2.60 bits per heavy atom. The van der Waals surface area contributed by atoms with Gasteiger partial charge in [-0.25, -0.2) is 0 Å². The highest BCUT2D eigenvalue weighted by Gasteiger charge is 2.45. The predicted octanol–water partition coefficient (Wildman–Crippen LogP) is -0.140. The number of hydrogen-bond donors (Lipinski definition) is 2. The number of carbonyl (C=O) groups excluding carboxylic acids is 1. The lowest BCUT2D eigenvalue weighted by molar-refractivity contribution is -0.117. The van der Waals surface area contributed by atoms with Crippen molar-refractivity contribution in [3.8, 4) is 0 Å². The zero-order valence-corrected chi connectivity index (χ0v) is 6.48. The van der Waals surface area contributed by atoms with Crippen molar-refractivity contribution in [3.05, 3.63) is 0 Å². The van der Waals surface area contributed by atoms with E-state index in [4.69, 9.17) is 5.73 Å². The van der Waals surface area contributed by atoms with Gasteiger partial charge in [0.15, 0.2) is 0 Å². The fourth-order valence-electron chi connectivity index (χ4n) is 1.04. The van der Waals surface area contributed by atoms with Crippen LogP contribution in [0.4, 0.5) is 0 Å². The normalized spacial score (nSPS) is 28.0. The number of amides is 1. The molecule has 1 atom stereocenters. The molecule has 1 amide bonds. The minimum atomic E-state index is -0.275. The van der Waals surface area contributed by atoms with Crippen molar-refractivity contribution >= 4 is 5.91 Å². The van der Waals surface area contributed by atoms with Crippen LogP contribution >= 0.6 is 0 Å². The van der Waals surface area contributed by atoms with E-state index in [1.165, 1.54) is 0 Å². The van der Waals surface area contributed by atoms with E-state index < -0.39 is 0 Å². The molecule has 3 nitrogen and oxygen atoms in total. The molecule has 1 rings (SSSR count). The molecule has 0 bridgehead atoms. The van der Waals surface area contributed by atoms with E-state index in [2.05, 4.69) is 19.2 Å². The first-order chi connectivity index (χ1) is 4.52. The SMILES string of the molecule is CC1(C)CC1NCC(N)=O. The number of nitrogens with two attached hydrogens (primary N) is 1. The third-order valence-electron chi connectivity index (χ3n) is 2.04. The highest BCUT2D eigenvalue weighted by Crippen LogP contribution is 2.44. The summed E-state index contributed by atoms with van der Waals surface area (Å²) in [5.41, 5.74) is 5.34. The molecule has 3 N–H and O–H groups in total. The quantitative estimate of drug-likeness (QED) is 0.576. The first-order valence-electron chi connectivity index (χ1n) is 3.54. The summed E-state index contributed by atoms with van der Waals surface area (Å²) in [7, 11) is 0. The van der Waals surface area contributed by atoms with Gasteiger partial charge in [0, 0.05) is 6.04 Å². The van der Waals surface area contributed by atoms with E-state index in [-0.39, 0.29) is 5.91 Å². The van der Waals surface area contributed by atoms with Crippen molar-refractivity contribution < 1.29 is 4.79 Å². The Labute approximate surface area is 61.0 Å². The highest BCUT2D eigenvalue weighted by atomic mass is 16.1. The van der Waals surface area contributed by atoms with Crippen LogP contribution in [0.15, 0.2) is 0 Å². The van der Waals surface area contributed by atoms with Crippen molar-refractivity contribution in [2.75, 3.05) is 6.54 Å². The Morgan fingerprint density at radius 2 is 2.30 bits per heavy atom. The lowest BCUT2D eigenvalue weighted by Gasteiger charge is -2.02. The molecule has 0 saturated heterocycles. The van der Waals surface area contributed by atoms with Gasteiger partial charge in [-0.1, -0.05) is 13.8 Å². The van der Waals surface area contributed by atoms with Gasteiger partial charge in [-0.2, -0.15) is 0 Å². The molecule has 0 aromatic heterocycles. The van der Waals surface area contributed by atoms with Crippen LogP contribution < -0.4 is 11.1 Å². The Balaban J connectivity index is 2.13. The summed E-state index contributed by atoms with van der Waals surface area (Å²) in [6, 6.07) is 0.500. The summed E-state index contributed by atoms with van der Waals surface area (Å²) in [5.74, 6) is -0.275. The minimum absolute atomic E-state index is 0.275. The zero-order valence-electron chi connectivity index (χ0n) is 6.48. The third kappa shape index (κ3) is 1.70. The van der Waals surface area contributed by atoms with Crippen molar-refractivity contribution in [2.45, 2.75) is 26.3 Å². The predicted molar refractivity (Wildman–Crippen MR) is 39.4 cm³/mol. The standard InChI is InChI=1S/C7H14N2O/c1-7(2)3-5(7)9-4-6(8)10/h5,9H,3-4H2,1-2H3,(H2,8,10). The van der Waals surface area contributed by atoms with E-state index in [1.807, 2.05) is 0 Å². The molecule has 0 aromatic carbocycles. The fraction of sp³-hybridized carbons (Fsp3) is 0.857. The van der Waals surface area contributed by atoms with Crippen LogP contribution in [0.2, 0.25) is 0 Å².